The van der Waals surface area contributed by atoms with Crippen LogP contribution in [0.25, 0.3) is 10.9 Å². The summed E-state index contributed by atoms with van der Waals surface area (Å²) in [7, 11) is 1.82. The molecule has 2 N–H and O–H groups in total. The lowest BCUT2D eigenvalue weighted by Crippen LogP contribution is -2.37. The Balaban J connectivity index is 0.00000176. The molecule has 1 saturated carbocycles. The summed E-state index contributed by atoms with van der Waals surface area (Å²) < 4.78 is 0. The van der Waals surface area contributed by atoms with Crippen LogP contribution < -0.4 is 10.6 Å². The molecule has 0 amide bonds. The van der Waals surface area contributed by atoms with Crippen LogP contribution in [0.1, 0.15) is 24.8 Å². The highest BCUT2D eigenvalue weighted by molar-refractivity contribution is 14.0. The van der Waals surface area contributed by atoms with E-state index in [0.29, 0.717) is 0 Å². The topological polar surface area (TPSA) is 49.3 Å². The number of pyridine rings is 1. The minimum atomic E-state index is 0. The molecule has 1 heterocycles. The van der Waals surface area contributed by atoms with Gasteiger partial charge in [-0.1, -0.05) is 31.0 Å². The maximum atomic E-state index is 4.39. The van der Waals surface area contributed by atoms with E-state index in [4.69, 9.17) is 0 Å². The molecule has 5 heteroatoms. The average Bonchev–Trinajstić information content (AvgIpc) is 3.35. The van der Waals surface area contributed by atoms with E-state index in [1.54, 1.807) is 0 Å². The summed E-state index contributed by atoms with van der Waals surface area (Å²) in [4.78, 5) is 8.67. The summed E-state index contributed by atoms with van der Waals surface area (Å²) in [5.41, 5.74) is 2.28. The van der Waals surface area contributed by atoms with Crippen molar-refractivity contribution in [1.29, 1.82) is 0 Å². The molecule has 1 aliphatic carbocycles. The van der Waals surface area contributed by atoms with Gasteiger partial charge in [0.1, 0.15) is 0 Å². The number of rotatable bonds is 5. The molecule has 1 aromatic carbocycles. The Morgan fingerprint density at radius 1 is 1.23 bits per heavy atom. The number of fused-ring (bicyclic) bond motifs is 1. The predicted octanol–water partition coefficient (Wildman–Crippen LogP) is 3.32. The van der Waals surface area contributed by atoms with Crippen LogP contribution in [0.4, 0.5) is 0 Å². The molecule has 22 heavy (non-hydrogen) atoms. The van der Waals surface area contributed by atoms with Crippen molar-refractivity contribution in [2.75, 3.05) is 13.6 Å². The highest BCUT2D eigenvalue weighted by Crippen LogP contribution is 2.31. The van der Waals surface area contributed by atoms with Gasteiger partial charge in [0.25, 0.3) is 0 Å². The first-order valence-electron chi connectivity index (χ1n) is 7.64. The SMILES string of the molecule is CN=C(NCCC1CC1)NCc1ccnc2ccccc12.I. The van der Waals surface area contributed by atoms with E-state index in [1.165, 1.54) is 30.2 Å². The van der Waals surface area contributed by atoms with Gasteiger partial charge in [-0.3, -0.25) is 9.98 Å². The summed E-state index contributed by atoms with van der Waals surface area (Å²) in [5.74, 6) is 1.82. The third-order valence-electron chi connectivity index (χ3n) is 3.95. The van der Waals surface area contributed by atoms with Crippen LogP contribution in [-0.2, 0) is 6.54 Å². The van der Waals surface area contributed by atoms with Crippen LogP contribution in [0.3, 0.4) is 0 Å². The van der Waals surface area contributed by atoms with Crippen molar-refractivity contribution in [3.05, 3.63) is 42.1 Å². The second-order valence-corrected chi connectivity index (χ2v) is 5.57. The quantitative estimate of drug-likeness (QED) is 0.452. The van der Waals surface area contributed by atoms with E-state index in [-0.39, 0.29) is 24.0 Å². The third-order valence-corrected chi connectivity index (χ3v) is 3.95. The van der Waals surface area contributed by atoms with Crippen molar-refractivity contribution in [3.63, 3.8) is 0 Å². The molecule has 0 unspecified atom stereocenters. The lowest BCUT2D eigenvalue weighted by molar-refractivity contribution is 0.685. The van der Waals surface area contributed by atoms with Gasteiger partial charge in [-0.25, -0.2) is 0 Å². The summed E-state index contributed by atoms with van der Waals surface area (Å²) in [6.45, 7) is 1.76. The van der Waals surface area contributed by atoms with E-state index in [9.17, 15) is 0 Å². The Morgan fingerprint density at radius 3 is 2.82 bits per heavy atom. The zero-order chi connectivity index (χ0) is 14.5. The summed E-state index contributed by atoms with van der Waals surface area (Å²) in [5, 5.41) is 7.96. The number of para-hydroxylation sites is 1. The summed E-state index contributed by atoms with van der Waals surface area (Å²) >= 11 is 0. The van der Waals surface area contributed by atoms with Crippen molar-refractivity contribution in [2.24, 2.45) is 10.9 Å². The Hall–Kier alpha value is -1.37. The molecule has 2 aromatic rings. The molecular weight excluding hydrogens is 387 g/mol. The molecule has 1 aromatic heterocycles. The van der Waals surface area contributed by atoms with Crippen molar-refractivity contribution in [2.45, 2.75) is 25.8 Å². The van der Waals surface area contributed by atoms with Crippen molar-refractivity contribution >= 4 is 40.8 Å². The molecular formula is C17H23IN4. The lowest BCUT2D eigenvalue weighted by atomic mass is 10.1. The fraction of sp³-hybridized carbons (Fsp3) is 0.412. The Morgan fingerprint density at radius 2 is 2.05 bits per heavy atom. The first kappa shape index (κ1) is 17.0. The van der Waals surface area contributed by atoms with Crippen LogP contribution in [0.15, 0.2) is 41.5 Å². The summed E-state index contributed by atoms with van der Waals surface area (Å²) in [6, 6.07) is 10.3. The summed E-state index contributed by atoms with van der Waals surface area (Å²) in [6.07, 6.45) is 5.91. The Labute approximate surface area is 148 Å². The van der Waals surface area contributed by atoms with Gasteiger partial charge in [0.2, 0.25) is 0 Å². The molecule has 0 radical (unpaired) electrons. The molecule has 3 rings (SSSR count). The number of aromatic nitrogens is 1. The lowest BCUT2D eigenvalue weighted by Gasteiger charge is -2.12. The molecule has 0 aliphatic heterocycles. The van der Waals surface area contributed by atoms with Crippen LogP contribution in [-0.4, -0.2) is 24.5 Å². The van der Waals surface area contributed by atoms with Gasteiger partial charge in [0.05, 0.1) is 5.52 Å². The second kappa shape index (κ2) is 8.31. The van der Waals surface area contributed by atoms with Crippen molar-refractivity contribution < 1.29 is 0 Å². The fourth-order valence-corrected chi connectivity index (χ4v) is 2.51. The number of nitrogens with one attached hydrogen (secondary N) is 2. The standard InChI is InChI=1S/C17H22N4.HI/c1-18-17(20-10-8-13-6-7-13)21-12-14-9-11-19-16-5-3-2-4-15(14)16;/h2-5,9,11,13H,6-8,10,12H2,1H3,(H2,18,20,21);1H. The van der Waals surface area contributed by atoms with E-state index in [1.807, 2.05) is 25.4 Å². The van der Waals surface area contributed by atoms with E-state index >= 15 is 0 Å². The van der Waals surface area contributed by atoms with Gasteiger partial charge in [-0.05, 0) is 30.0 Å². The molecule has 1 aliphatic rings. The maximum absolute atomic E-state index is 4.39. The molecule has 0 atom stereocenters. The first-order chi connectivity index (χ1) is 10.4. The van der Waals surface area contributed by atoms with Gasteiger partial charge in [0.15, 0.2) is 5.96 Å². The maximum Gasteiger partial charge on any atom is 0.191 e. The van der Waals surface area contributed by atoms with Gasteiger partial charge < -0.3 is 10.6 Å². The van der Waals surface area contributed by atoms with Gasteiger partial charge >= 0.3 is 0 Å². The largest absolute Gasteiger partial charge is 0.356 e. The predicted molar refractivity (Wildman–Crippen MR) is 103 cm³/mol. The average molecular weight is 410 g/mol. The van der Waals surface area contributed by atoms with Gasteiger partial charge in [-0.15, -0.1) is 24.0 Å². The number of guanidine groups is 1. The van der Waals surface area contributed by atoms with Crippen LogP contribution >= 0.6 is 24.0 Å². The number of benzene rings is 1. The zero-order valence-electron chi connectivity index (χ0n) is 12.9. The Kier molecular flexibility index (Phi) is 6.42. The number of hydrogen-bond donors (Lipinski definition) is 2. The van der Waals surface area contributed by atoms with Crippen LogP contribution in [0, 0.1) is 5.92 Å². The minimum absolute atomic E-state index is 0. The number of hydrogen-bond acceptors (Lipinski definition) is 2. The van der Waals surface area contributed by atoms with Crippen LogP contribution in [0.5, 0.6) is 0 Å². The molecule has 0 bridgehead atoms. The van der Waals surface area contributed by atoms with Crippen LogP contribution in [0.2, 0.25) is 0 Å². The van der Waals surface area contributed by atoms with E-state index in [0.717, 1.165) is 30.5 Å². The monoisotopic (exact) mass is 410 g/mol. The zero-order valence-corrected chi connectivity index (χ0v) is 15.2. The third kappa shape index (κ3) is 4.56. The van der Waals surface area contributed by atoms with E-state index in [2.05, 4.69) is 38.8 Å². The normalized spacial score (nSPS) is 14.5. The highest BCUT2D eigenvalue weighted by atomic mass is 127. The molecule has 118 valence electrons. The fourth-order valence-electron chi connectivity index (χ4n) is 2.51. The molecule has 0 saturated heterocycles. The van der Waals surface area contributed by atoms with E-state index < -0.39 is 0 Å². The number of aliphatic imine (C=N–C) groups is 1. The van der Waals surface area contributed by atoms with Gasteiger partial charge in [-0.2, -0.15) is 0 Å². The van der Waals surface area contributed by atoms with Crippen molar-refractivity contribution in [3.8, 4) is 0 Å². The number of nitrogens with zero attached hydrogens (tertiary/aromatic N) is 2. The first-order valence-corrected chi connectivity index (χ1v) is 7.64. The Bertz CT molecular complexity index is 632. The number of halogens is 1. The highest BCUT2D eigenvalue weighted by Gasteiger charge is 2.20. The minimum Gasteiger partial charge on any atom is -0.356 e. The van der Waals surface area contributed by atoms with Crippen molar-refractivity contribution in [1.82, 2.24) is 15.6 Å². The van der Waals surface area contributed by atoms with Gasteiger partial charge in [0, 0.05) is 31.7 Å². The molecule has 0 spiro atoms. The smallest absolute Gasteiger partial charge is 0.191 e. The molecule has 4 nitrogen and oxygen atoms in total. The second-order valence-electron chi connectivity index (χ2n) is 5.57. The molecule has 1 fully saturated rings.